The van der Waals surface area contributed by atoms with E-state index >= 15 is 0 Å². The van der Waals surface area contributed by atoms with Crippen molar-refractivity contribution in [1.82, 2.24) is 9.80 Å². The number of methoxy groups -OCH3 is 3. The van der Waals surface area contributed by atoms with Gasteiger partial charge in [0, 0.05) is 67.0 Å². The molecule has 0 spiro atoms. The maximum Gasteiger partial charge on any atom is 0.309 e. The number of benzene rings is 1. The van der Waals surface area contributed by atoms with Crippen LogP contribution in [0.4, 0.5) is 0 Å². The van der Waals surface area contributed by atoms with Gasteiger partial charge in [0.2, 0.25) is 0 Å². The smallest absolute Gasteiger partial charge is 0.309 e. The van der Waals surface area contributed by atoms with E-state index in [-0.39, 0.29) is 38.0 Å². The average Bonchev–Trinajstić information content (AvgIpc) is 3.31. The van der Waals surface area contributed by atoms with E-state index in [1.165, 1.54) is 33.8 Å². The Morgan fingerprint density at radius 2 is 1.56 bits per heavy atom. The Morgan fingerprint density at radius 3 is 2.17 bits per heavy atom. The summed E-state index contributed by atoms with van der Waals surface area (Å²) >= 11 is 0. The maximum absolute atomic E-state index is 13.9. The molecule has 19 nitrogen and oxygen atoms in total. The lowest BCUT2D eigenvalue weighted by molar-refractivity contribution is -0.345. The third-order valence-corrected chi connectivity index (χ3v) is 14.0. The summed E-state index contributed by atoms with van der Waals surface area (Å²) in [5, 5.41) is 24.5. The van der Waals surface area contributed by atoms with Crippen molar-refractivity contribution in [3.63, 3.8) is 0 Å². The van der Waals surface area contributed by atoms with Gasteiger partial charge in [0.25, 0.3) is 0 Å². The van der Waals surface area contributed by atoms with Crippen LogP contribution in [0.1, 0.15) is 112 Å². The highest BCUT2D eigenvalue weighted by Crippen LogP contribution is 2.40. The third kappa shape index (κ3) is 17.6. The predicted octanol–water partition coefficient (Wildman–Crippen LogP) is 4.58. The standard InChI is InChI=1S/C52H86N2O17/c1-14-40(57)67-39-28-42(59)64-32(4)23-25-54(24-19-22-36-20-17-16-18-21-36)30-38(56)31(3)26-37(27-43(61-11)62-12)48(49(39)63-13)70-51-46(60)45(53(9)10)47(33(5)66-51)69-44-29-52(8,71-35(7)55)50(34(6)65-44)68-41(58)15-2/h16-18,20-21,31-34,37-39,43-51,56,60H,14-15,19,22-30H2,1-13H3/t31-,32-,33?,34?,37-,38+,39-,44?,45?,46?,47?,48+,49?,50?,51?,52?/m1/s1. The first-order valence-electron chi connectivity index (χ1n) is 25.4. The van der Waals surface area contributed by atoms with Gasteiger partial charge in [-0.1, -0.05) is 51.1 Å². The minimum Gasteiger partial charge on any atom is -0.463 e. The Labute approximate surface area is 421 Å². The highest BCUT2D eigenvalue weighted by Gasteiger charge is 2.54. The van der Waals surface area contributed by atoms with Crippen molar-refractivity contribution < 1.29 is 81.5 Å². The van der Waals surface area contributed by atoms with E-state index in [4.69, 9.17) is 52.1 Å². The summed E-state index contributed by atoms with van der Waals surface area (Å²) in [4.78, 5) is 56.0. The van der Waals surface area contributed by atoms with Gasteiger partial charge in [-0.15, -0.1) is 0 Å². The summed E-state index contributed by atoms with van der Waals surface area (Å²) in [6.07, 6.45) is -10.2. The van der Waals surface area contributed by atoms with Gasteiger partial charge in [0.05, 0.1) is 36.9 Å². The minimum absolute atomic E-state index is 0.00796. The number of nitrogens with zero attached hydrogens (tertiary/aromatic N) is 2. The molecule has 71 heavy (non-hydrogen) atoms. The molecule has 1 aromatic rings. The normalized spacial score (nSPS) is 35.0. The van der Waals surface area contributed by atoms with Crippen LogP contribution in [0.5, 0.6) is 0 Å². The fraction of sp³-hybridized carbons (Fsp3) is 0.808. The van der Waals surface area contributed by atoms with E-state index in [0.717, 1.165) is 12.8 Å². The first kappa shape index (κ1) is 60.2. The molecule has 1 aromatic carbocycles. The summed E-state index contributed by atoms with van der Waals surface area (Å²) in [5.41, 5.74) is -0.0994. The number of likely N-dealkylation sites (N-methyl/N-ethyl adjacent to an activating group) is 1. The lowest BCUT2D eigenvalue weighted by Gasteiger charge is -2.51. The van der Waals surface area contributed by atoms with Crippen molar-refractivity contribution in [3.05, 3.63) is 35.9 Å². The largest absolute Gasteiger partial charge is 0.463 e. The van der Waals surface area contributed by atoms with Crippen LogP contribution in [0, 0.1) is 11.8 Å². The van der Waals surface area contributed by atoms with Gasteiger partial charge in [0.15, 0.2) is 30.6 Å². The van der Waals surface area contributed by atoms with Crippen LogP contribution >= 0.6 is 0 Å². The number of carbonyl (C=O) groups excluding carboxylic acids is 4. The summed E-state index contributed by atoms with van der Waals surface area (Å²) in [7, 11) is 8.01. The van der Waals surface area contributed by atoms with Crippen LogP contribution in [-0.2, 0) is 77.7 Å². The molecular weight excluding hydrogens is 925 g/mol. The zero-order chi connectivity index (χ0) is 52.6. The summed E-state index contributed by atoms with van der Waals surface area (Å²) < 4.78 is 67.8. The highest BCUT2D eigenvalue weighted by atomic mass is 16.7. The van der Waals surface area contributed by atoms with Gasteiger partial charge in [0.1, 0.15) is 30.5 Å². The number of aliphatic hydroxyl groups is 2. The van der Waals surface area contributed by atoms with Crippen molar-refractivity contribution in [2.24, 2.45) is 11.8 Å². The zero-order valence-corrected chi connectivity index (χ0v) is 44.5. The van der Waals surface area contributed by atoms with Gasteiger partial charge >= 0.3 is 23.9 Å². The average molecular weight is 1010 g/mol. The molecular formula is C52H86N2O17. The number of hydrogen-bond donors (Lipinski definition) is 2. The van der Waals surface area contributed by atoms with Crippen molar-refractivity contribution in [1.29, 1.82) is 0 Å². The maximum atomic E-state index is 13.9. The SMILES string of the molecule is CCC(=O)OC1C(C)OC(OC2C(C)OC(O[C@@H]3C(OC)[C@H](OC(=O)CC)CC(=O)O[C@H](C)CCN(CCCc4ccccc4)C[C@H](O)[C@H](C)C[C@@H]3CC(OC)OC)C(O)C2N(C)C)CC1(C)OC(C)=O. The Bertz CT molecular complexity index is 1770. The Kier molecular flexibility index (Phi) is 24.5. The van der Waals surface area contributed by atoms with Gasteiger partial charge in [-0.25, -0.2) is 0 Å². The first-order chi connectivity index (χ1) is 33.7. The molecule has 0 aliphatic carbocycles. The molecule has 406 valence electrons. The van der Waals surface area contributed by atoms with Crippen molar-refractivity contribution in [2.45, 2.75) is 205 Å². The van der Waals surface area contributed by atoms with E-state index in [1.54, 1.807) is 53.6 Å². The topological polar surface area (TPSA) is 217 Å². The molecule has 0 amide bonds. The van der Waals surface area contributed by atoms with Crippen LogP contribution in [0.3, 0.4) is 0 Å². The number of aryl methyl sites for hydroxylation is 1. The number of ether oxygens (including phenoxy) is 11. The molecule has 4 rings (SSSR count). The van der Waals surface area contributed by atoms with Crippen molar-refractivity contribution in [2.75, 3.05) is 55.1 Å². The van der Waals surface area contributed by atoms with E-state index < -0.39 is 121 Å². The summed E-state index contributed by atoms with van der Waals surface area (Å²) in [6.45, 7) is 15.1. The van der Waals surface area contributed by atoms with Gasteiger partial charge in [-0.05, 0) is 91.4 Å². The molecule has 3 aliphatic rings. The summed E-state index contributed by atoms with van der Waals surface area (Å²) in [5.74, 6) is -3.20. The summed E-state index contributed by atoms with van der Waals surface area (Å²) in [6, 6.07) is 9.42. The molecule has 2 N–H and O–H groups in total. The molecule has 0 bridgehead atoms. The Morgan fingerprint density at radius 1 is 0.901 bits per heavy atom. The molecule has 3 saturated heterocycles. The molecule has 3 aliphatic heterocycles. The van der Waals surface area contributed by atoms with Gasteiger partial charge < -0.3 is 72.1 Å². The zero-order valence-electron chi connectivity index (χ0n) is 44.5. The molecule has 3 heterocycles. The van der Waals surface area contributed by atoms with Crippen molar-refractivity contribution in [3.8, 4) is 0 Å². The van der Waals surface area contributed by atoms with Crippen LogP contribution in [0.2, 0.25) is 0 Å². The Balaban J connectivity index is 1.73. The van der Waals surface area contributed by atoms with E-state index in [2.05, 4.69) is 17.0 Å². The predicted molar refractivity (Wildman–Crippen MR) is 260 cm³/mol. The van der Waals surface area contributed by atoms with Crippen LogP contribution < -0.4 is 0 Å². The molecule has 0 saturated carbocycles. The first-order valence-corrected chi connectivity index (χ1v) is 25.4. The number of rotatable bonds is 19. The van der Waals surface area contributed by atoms with Crippen molar-refractivity contribution >= 4 is 23.9 Å². The van der Waals surface area contributed by atoms with Gasteiger partial charge in [-0.2, -0.15) is 0 Å². The van der Waals surface area contributed by atoms with E-state index in [9.17, 15) is 29.4 Å². The fourth-order valence-electron chi connectivity index (χ4n) is 10.2. The quantitative estimate of drug-likeness (QED) is 0.110. The second-order valence-electron chi connectivity index (χ2n) is 19.9. The lowest BCUT2D eigenvalue weighted by Crippen LogP contribution is -2.66. The molecule has 0 aromatic heterocycles. The minimum atomic E-state index is -1.41. The monoisotopic (exact) mass is 1010 g/mol. The Hall–Kier alpha value is -3.34. The number of esters is 4. The number of aliphatic hydroxyl groups excluding tert-OH is 2. The number of hydrogen-bond acceptors (Lipinski definition) is 19. The molecule has 0 radical (unpaired) electrons. The molecule has 16 atom stereocenters. The van der Waals surface area contributed by atoms with E-state index in [1.807, 2.05) is 32.0 Å². The molecule has 3 fully saturated rings. The number of cyclic esters (lactones) is 1. The highest BCUT2D eigenvalue weighted by molar-refractivity contribution is 5.73. The lowest BCUT2D eigenvalue weighted by atomic mass is 9.82. The second kappa shape index (κ2) is 28.9. The number of β-amino-alcohol motifs (C(OH)–C–C–N with tert-alkyl or cyclic N) is 1. The fourth-order valence-corrected chi connectivity index (χ4v) is 10.2. The van der Waals surface area contributed by atoms with Crippen LogP contribution in [0.15, 0.2) is 30.3 Å². The third-order valence-electron chi connectivity index (χ3n) is 14.0. The number of carbonyl (C=O) groups is 4. The molecule has 19 heteroatoms. The van der Waals surface area contributed by atoms with Gasteiger partial charge in [-0.3, -0.25) is 19.2 Å². The van der Waals surface area contributed by atoms with Crippen LogP contribution in [-0.4, -0.2) is 191 Å². The van der Waals surface area contributed by atoms with Crippen LogP contribution in [0.25, 0.3) is 0 Å². The second-order valence-corrected chi connectivity index (χ2v) is 19.9. The van der Waals surface area contributed by atoms with E-state index in [0.29, 0.717) is 32.5 Å². The molecule has 10 unspecified atom stereocenters.